The highest BCUT2D eigenvalue weighted by atomic mass is 16.5. The molecule has 154 valence electrons. The van der Waals surface area contributed by atoms with Gasteiger partial charge in [-0.05, 0) is 18.1 Å². The average molecular weight is 398 g/mol. The Hall–Kier alpha value is -2.97. The van der Waals surface area contributed by atoms with Gasteiger partial charge < -0.3 is 25.3 Å². The van der Waals surface area contributed by atoms with E-state index >= 15 is 0 Å². The van der Waals surface area contributed by atoms with E-state index in [0.29, 0.717) is 26.1 Å². The number of aromatic amines is 1. The van der Waals surface area contributed by atoms with E-state index in [2.05, 4.69) is 15.6 Å². The molecular formula is C21H26N4O4. The van der Waals surface area contributed by atoms with Crippen molar-refractivity contribution in [1.29, 1.82) is 0 Å². The molecule has 0 saturated carbocycles. The maximum absolute atomic E-state index is 12.7. The van der Waals surface area contributed by atoms with Gasteiger partial charge in [0.1, 0.15) is 5.56 Å². The van der Waals surface area contributed by atoms with Gasteiger partial charge in [0.15, 0.2) is 0 Å². The number of hydrogen-bond donors (Lipinski definition) is 3. The summed E-state index contributed by atoms with van der Waals surface area (Å²) >= 11 is 0. The summed E-state index contributed by atoms with van der Waals surface area (Å²) < 4.78 is 5.60. The van der Waals surface area contributed by atoms with Crippen molar-refractivity contribution in [2.75, 3.05) is 33.3 Å². The number of morpholine rings is 1. The molecule has 1 aromatic carbocycles. The molecule has 0 radical (unpaired) electrons. The Bertz CT molecular complexity index is 891. The van der Waals surface area contributed by atoms with Crippen LogP contribution in [0.2, 0.25) is 0 Å². The Balaban J connectivity index is 1.61. The average Bonchev–Trinajstić information content (AvgIpc) is 2.75. The fourth-order valence-corrected chi connectivity index (χ4v) is 3.16. The molecular weight excluding hydrogens is 372 g/mol. The van der Waals surface area contributed by atoms with Crippen molar-refractivity contribution in [3.63, 3.8) is 0 Å². The van der Waals surface area contributed by atoms with Crippen LogP contribution in [-0.4, -0.2) is 61.1 Å². The number of ether oxygens (including phenoxy) is 1. The van der Waals surface area contributed by atoms with Crippen molar-refractivity contribution >= 4 is 11.8 Å². The number of benzene rings is 1. The van der Waals surface area contributed by atoms with Crippen LogP contribution in [-0.2, 0) is 11.3 Å². The summed E-state index contributed by atoms with van der Waals surface area (Å²) in [5.41, 5.74) is 0.612. The number of nitrogens with zero attached hydrogens (tertiary/aromatic N) is 1. The first kappa shape index (κ1) is 20.8. The third-order valence-corrected chi connectivity index (χ3v) is 4.76. The number of pyridine rings is 1. The zero-order valence-corrected chi connectivity index (χ0v) is 16.4. The van der Waals surface area contributed by atoms with Crippen molar-refractivity contribution in [3.05, 3.63) is 69.6 Å². The molecule has 8 nitrogen and oxygen atoms in total. The summed E-state index contributed by atoms with van der Waals surface area (Å²) in [4.78, 5) is 41.2. The number of hydrogen-bond acceptors (Lipinski definition) is 5. The fourth-order valence-electron chi connectivity index (χ4n) is 3.16. The van der Waals surface area contributed by atoms with Gasteiger partial charge in [0.2, 0.25) is 0 Å². The molecule has 2 heterocycles. The topological polar surface area (TPSA) is 104 Å². The van der Waals surface area contributed by atoms with Crippen LogP contribution in [0.3, 0.4) is 0 Å². The number of carbonyl (C=O) groups excluding carboxylic acids is 2. The molecule has 1 aliphatic rings. The second-order valence-corrected chi connectivity index (χ2v) is 7.02. The summed E-state index contributed by atoms with van der Waals surface area (Å²) in [6.45, 7) is 3.09. The van der Waals surface area contributed by atoms with Gasteiger partial charge in [-0.15, -0.1) is 0 Å². The molecule has 8 heteroatoms. The molecule has 3 rings (SSSR count). The Kier molecular flexibility index (Phi) is 7.15. The maximum Gasteiger partial charge on any atom is 0.260 e. The third-order valence-electron chi connectivity index (χ3n) is 4.76. The van der Waals surface area contributed by atoms with E-state index in [4.69, 9.17) is 4.74 Å². The summed E-state index contributed by atoms with van der Waals surface area (Å²) in [5.74, 6) is -0.781. The highest BCUT2D eigenvalue weighted by Crippen LogP contribution is 2.08. The molecule has 1 unspecified atom stereocenters. The first-order valence-electron chi connectivity index (χ1n) is 9.67. The lowest BCUT2D eigenvalue weighted by molar-refractivity contribution is 0.0239. The third kappa shape index (κ3) is 5.75. The van der Waals surface area contributed by atoms with Crippen LogP contribution in [0.15, 0.2) is 47.4 Å². The standard InChI is InChI=1S/C21H26N4O4/c1-25(14-15-5-3-2-4-6-15)21(28)18-11-16(12-24-20(18)27)19(26)23-8-7-17-13-22-9-10-29-17/h2-6,11-12,17,22H,7-10,13-14H2,1H3,(H,23,26)(H,24,27). The zero-order valence-electron chi connectivity index (χ0n) is 16.4. The molecule has 2 aromatic rings. The van der Waals surface area contributed by atoms with Gasteiger partial charge in [0.25, 0.3) is 17.4 Å². The number of nitrogens with one attached hydrogen (secondary N) is 3. The van der Waals surface area contributed by atoms with Gasteiger partial charge in [-0.3, -0.25) is 14.4 Å². The van der Waals surface area contributed by atoms with Gasteiger partial charge >= 0.3 is 0 Å². The van der Waals surface area contributed by atoms with Crippen LogP contribution in [0.4, 0.5) is 0 Å². The van der Waals surface area contributed by atoms with Crippen molar-refractivity contribution in [2.24, 2.45) is 0 Å². The van der Waals surface area contributed by atoms with E-state index in [1.807, 2.05) is 30.3 Å². The first-order chi connectivity index (χ1) is 14.0. The lowest BCUT2D eigenvalue weighted by Crippen LogP contribution is -2.40. The maximum atomic E-state index is 12.7. The van der Waals surface area contributed by atoms with Crippen LogP contribution >= 0.6 is 0 Å². The molecule has 1 fully saturated rings. The molecule has 1 aliphatic heterocycles. The normalized spacial score (nSPS) is 16.2. The van der Waals surface area contributed by atoms with E-state index in [1.165, 1.54) is 17.2 Å². The molecule has 1 aromatic heterocycles. The van der Waals surface area contributed by atoms with E-state index < -0.39 is 11.5 Å². The predicted molar refractivity (Wildman–Crippen MR) is 109 cm³/mol. The number of amides is 2. The molecule has 0 aliphatic carbocycles. The second kappa shape index (κ2) is 9.99. The van der Waals surface area contributed by atoms with Crippen molar-refractivity contribution in [1.82, 2.24) is 20.5 Å². The Morgan fingerprint density at radius 1 is 1.28 bits per heavy atom. The summed E-state index contributed by atoms with van der Waals surface area (Å²) in [7, 11) is 1.62. The zero-order chi connectivity index (χ0) is 20.6. The smallest absolute Gasteiger partial charge is 0.260 e. The lowest BCUT2D eigenvalue weighted by Gasteiger charge is -2.23. The molecule has 0 spiro atoms. The summed E-state index contributed by atoms with van der Waals surface area (Å²) in [6.07, 6.45) is 2.08. The predicted octanol–water partition coefficient (Wildman–Crippen LogP) is 0.755. The largest absolute Gasteiger partial charge is 0.376 e. The van der Waals surface area contributed by atoms with Crippen LogP contribution in [0.5, 0.6) is 0 Å². The van der Waals surface area contributed by atoms with E-state index in [9.17, 15) is 14.4 Å². The number of carbonyl (C=O) groups is 2. The highest BCUT2D eigenvalue weighted by molar-refractivity contribution is 5.99. The molecule has 3 N–H and O–H groups in total. The van der Waals surface area contributed by atoms with E-state index in [-0.39, 0.29) is 23.1 Å². The molecule has 1 atom stereocenters. The van der Waals surface area contributed by atoms with Crippen LogP contribution in [0, 0.1) is 0 Å². The van der Waals surface area contributed by atoms with Gasteiger partial charge in [-0.25, -0.2) is 0 Å². The molecule has 29 heavy (non-hydrogen) atoms. The van der Waals surface area contributed by atoms with Crippen molar-refractivity contribution in [2.45, 2.75) is 19.1 Å². The first-order valence-corrected chi connectivity index (χ1v) is 9.67. The molecule has 2 amide bonds. The Labute approximate surface area is 169 Å². The van der Waals surface area contributed by atoms with Crippen molar-refractivity contribution in [3.8, 4) is 0 Å². The van der Waals surface area contributed by atoms with Gasteiger partial charge in [-0.1, -0.05) is 30.3 Å². The number of aromatic nitrogens is 1. The second-order valence-electron chi connectivity index (χ2n) is 7.02. The molecule has 0 bridgehead atoms. The SMILES string of the molecule is CN(Cc1ccccc1)C(=O)c1cc(C(=O)NCCC2CNCCO2)c[nH]c1=O. The minimum Gasteiger partial charge on any atom is -0.376 e. The fraction of sp³-hybridized carbons (Fsp3) is 0.381. The van der Waals surface area contributed by atoms with Gasteiger partial charge in [0.05, 0.1) is 18.3 Å². The summed E-state index contributed by atoms with van der Waals surface area (Å²) in [5, 5.41) is 6.05. The quantitative estimate of drug-likeness (QED) is 0.639. The van der Waals surface area contributed by atoms with E-state index in [1.54, 1.807) is 7.05 Å². The number of rotatable bonds is 7. The monoisotopic (exact) mass is 398 g/mol. The Morgan fingerprint density at radius 3 is 2.79 bits per heavy atom. The van der Waals surface area contributed by atoms with Gasteiger partial charge in [0, 0.05) is 39.4 Å². The van der Waals surface area contributed by atoms with Crippen LogP contribution < -0.4 is 16.2 Å². The minimum absolute atomic E-state index is 0.0594. The summed E-state index contributed by atoms with van der Waals surface area (Å²) in [6, 6.07) is 10.8. The highest BCUT2D eigenvalue weighted by Gasteiger charge is 2.19. The van der Waals surface area contributed by atoms with E-state index in [0.717, 1.165) is 18.7 Å². The minimum atomic E-state index is -0.520. The lowest BCUT2D eigenvalue weighted by atomic mass is 10.1. The molecule has 1 saturated heterocycles. The van der Waals surface area contributed by atoms with Crippen LogP contribution in [0.1, 0.15) is 32.7 Å². The van der Waals surface area contributed by atoms with Gasteiger partial charge in [-0.2, -0.15) is 0 Å². The number of H-pyrrole nitrogens is 1. The Morgan fingerprint density at radius 2 is 2.07 bits per heavy atom. The van der Waals surface area contributed by atoms with Crippen molar-refractivity contribution < 1.29 is 14.3 Å². The van der Waals surface area contributed by atoms with Crippen LogP contribution in [0.25, 0.3) is 0 Å².